The number of carbonyl (C=O) groups excluding carboxylic acids is 1. The average Bonchev–Trinajstić information content (AvgIpc) is 2.81. The second-order valence-corrected chi connectivity index (χ2v) is 3.95. The van der Waals surface area contributed by atoms with Crippen LogP contribution in [0.1, 0.15) is 6.42 Å². The second kappa shape index (κ2) is 5.54. The number of carbonyl (C=O) groups is 1. The van der Waals surface area contributed by atoms with Crippen LogP contribution in [0.5, 0.6) is 5.75 Å². The van der Waals surface area contributed by atoms with E-state index in [0.717, 1.165) is 6.42 Å². The number of hydrogen-bond acceptors (Lipinski definition) is 4. The summed E-state index contributed by atoms with van der Waals surface area (Å²) in [5, 5.41) is 2.84. The maximum atomic E-state index is 11.6. The van der Waals surface area contributed by atoms with Crippen molar-refractivity contribution in [2.75, 3.05) is 25.6 Å². The normalized spacial score (nSPS) is 18.9. The fourth-order valence-electron chi connectivity index (χ4n) is 1.67. The number of benzene rings is 1. The van der Waals surface area contributed by atoms with Crippen molar-refractivity contribution in [3.05, 3.63) is 24.3 Å². The van der Waals surface area contributed by atoms with Crippen LogP contribution in [0.25, 0.3) is 0 Å². The zero-order chi connectivity index (χ0) is 12.1. The molecule has 2 rings (SSSR count). The van der Waals surface area contributed by atoms with E-state index in [1.807, 2.05) is 12.1 Å². The highest BCUT2D eigenvalue weighted by Gasteiger charge is 2.17. The third-order valence-electron chi connectivity index (χ3n) is 2.57. The van der Waals surface area contributed by atoms with Crippen LogP contribution in [-0.4, -0.2) is 31.8 Å². The summed E-state index contributed by atoms with van der Waals surface area (Å²) >= 11 is 0. The first-order chi connectivity index (χ1) is 8.25. The fraction of sp³-hybridized carbons (Fsp3) is 0.417. The van der Waals surface area contributed by atoms with E-state index in [1.165, 1.54) is 0 Å². The van der Waals surface area contributed by atoms with Crippen LogP contribution in [0.15, 0.2) is 24.3 Å². The lowest BCUT2D eigenvalue weighted by Gasteiger charge is -2.12. The maximum absolute atomic E-state index is 11.6. The number of hydrogen-bond donors (Lipinski definition) is 2. The monoisotopic (exact) mass is 236 g/mol. The van der Waals surface area contributed by atoms with Crippen LogP contribution in [0.3, 0.4) is 0 Å². The largest absolute Gasteiger partial charge is 0.482 e. The van der Waals surface area contributed by atoms with E-state index in [1.54, 1.807) is 12.1 Å². The number of nitrogens with one attached hydrogen (secondary N) is 1. The topological polar surface area (TPSA) is 73.6 Å². The molecule has 0 radical (unpaired) electrons. The van der Waals surface area contributed by atoms with E-state index in [0.29, 0.717) is 24.7 Å². The standard InChI is InChI=1S/C12H16N2O3/c13-10-3-1-2-4-11(10)17-8-12(15)14-9-5-6-16-7-9/h1-4,9H,5-8,13H2,(H,14,15). The molecule has 1 atom stereocenters. The Morgan fingerprint density at radius 3 is 3.06 bits per heavy atom. The minimum atomic E-state index is -0.149. The first kappa shape index (κ1) is 11.7. The second-order valence-electron chi connectivity index (χ2n) is 3.95. The summed E-state index contributed by atoms with van der Waals surface area (Å²) in [6.07, 6.45) is 0.860. The van der Waals surface area contributed by atoms with Crippen LogP contribution in [0, 0.1) is 0 Å². The van der Waals surface area contributed by atoms with Gasteiger partial charge in [-0.15, -0.1) is 0 Å². The first-order valence-electron chi connectivity index (χ1n) is 5.60. The molecule has 1 amide bonds. The zero-order valence-corrected chi connectivity index (χ0v) is 9.52. The van der Waals surface area contributed by atoms with Gasteiger partial charge in [0.15, 0.2) is 6.61 Å². The van der Waals surface area contributed by atoms with Crippen LogP contribution >= 0.6 is 0 Å². The van der Waals surface area contributed by atoms with Gasteiger partial charge in [-0.2, -0.15) is 0 Å². The number of para-hydroxylation sites is 2. The highest BCUT2D eigenvalue weighted by molar-refractivity contribution is 5.78. The van der Waals surface area contributed by atoms with Crippen molar-refractivity contribution in [3.63, 3.8) is 0 Å². The molecule has 3 N–H and O–H groups in total. The third kappa shape index (κ3) is 3.35. The SMILES string of the molecule is Nc1ccccc1OCC(=O)NC1CCOC1. The van der Waals surface area contributed by atoms with E-state index in [2.05, 4.69) is 5.32 Å². The van der Waals surface area contributed by atoms with E-state index in [9.17, 15) is 4.79 Å². The molecule has 0 spiro atoms. The number of nitrogens with two attached hydrogens (primary N) is 1. The number of nitrogen functional groups attached to an aromatic ring is 1. The average molecular weight is 236 g/mol. The summed E-state index contributed by atoms with van der Waals surface area (Å²) < 4.78 is 10.5. The van der Waals surface area contributed by atoms with E-state index >= 15 is 0 Å². The van der Waals surface area contributed by atoms with Crippen LogP contribution < -0.4 is 15.8 Å². The summed E-state index contributed by atoms with van der Waals surface area (Å²) in [6.45, 7) is 1.27. The molecule has 1 unspecified atom stereocenters. The van der Waals surface area contributed by atoms with Gasteiger partial charge in [-0.05, 0) is 18.6 Å². The summed E-state index contributed by atoms with van der Waals surface area (Å²) in [4.78, 5) is 11.6. The molecule has 1 aromatic rings. The van der Waals surface area contributed by atoms with Gasteiger partial charge >= 0.3 is 0 Å². The minimum absolute atomic E-state index is 0.0231. The minimum Gasteiger partial charge on any atom is -0.482 e. The van der Waals surface area contributed by atoms with Crippen LogP contribution in [0.2, 0.25) is 0 Å². The Balaban J connectivity index is 1.77. The number of ether oxygens (including phenoxy) is 2. The Morgan fingerprint density at radius 1 is 1.53 bits per heavy atom. The van der Waals surface area contributed by atoms with Gasteiger partial charge in [0.05, 0.1) is 18.3 Å². The predicted molar refractivity (Wildman–Crippen MR) is 63.7 cm³/mol. The van der Waals surface area contributed by atoms with Crippen molar-refractivity contribution in [2.24, 2.45) is 0 Å². The summed E-state index contributed by atoms with van der Waals surface area (Å²) in [5.41, 5.74) is 6.23. The molecule has 1 heterocycles. The van der Waals surface area contributed by atoms with Gasteiger partial charge in [0.1, 0.15) is 5.75 Å². The molecule has 17 heavy (non-hydrogen) atoms. The molecule has 5 heteroatoms. The van der Waals surface area contributed by atoms with Crippen molar-refractivity contribution < 1.29 is 14.3 Å². The Labute approximate surface area is 99.9 Å². The first-order valence-corrected chi connectivity index (χ1v) is 5.60. The lowest BCUT2D eigenvalue weighted by molar-refractivity contribution is -0.123. The number of anilines is 1. The molecule has 0 aliphatic carbocycles. The van der Waals surface area contributed by atoms with Crippen molar-refractivity contribution in [2.45, 2.75) is 12.5 Å². The Bertz CT molecular complexity index is 389. The van der Waals surface area contributed by atoms with E-state index in [4.69, 9.17) is 15.2 Å². The molecule has 0 aromatic heterocycles. The van der Waals surface area contributed by atoms with Crippen molar-refractivity contribution in [3.8, 4) is 5.75 Å². The van der Waals surface area contributed by atoms with E-state index in [-0.39, 0.29) is 18.6 Å². The zero-order valence-electron chi connectivity index (χ0n) is 9.52. The van der Waals surface area contributed by atoms with Gasteiger partial charge in [-0.1, -0.05) is 12.1 Å². The Morgan fingerprint density at radius 2 is 2.35 bits per heavy atom. The van der Waals surface area contributed by atoms with Crippen LogP contribution in [-0.2, 0) is 9.53 Å². The van der Waals surface area contributed by atoms with Gasteiger partial charge in [-0.3, -0.25) is 4.79 Å². The molecular weight excluding hydrogens is 220 g/mol. The van der Waals surface area contributed by atoms with Gasteiger partial charge in [0.2, 0.25) is 0 Å². The van der Waals surface area contributed by atoms with Gasteiger partial charge in [0.25, 0.3) is 5.91 Å². The van der Waals surface area contributed by atoms with Crippen molar-refractivity contribution in [1.29, 1.82) is 0 Å². The highest BCUT2D eigenvalue weighted by Crippen LogP contribution is 2.19. The molecule has 1 aromatic carbocycles. The Kier molecular flexibility index (Phi) is 3.82. The van der Waals surface area contributed by atoms with Gasteiger partial charge < -0.3 is 20.5 Å². The smallest absolute Gasteiger partial charge is 0.258 e. The molecule has 1 aliphatic rings. The quantitative estimate of drug-likeness (QED) is 0.749. The van der Waals surface area contributed by atoms with Crippen LogP contribution in [0.4, 0.5) is 5.69 Å². The van der Waals surface area contributed by atoms with Gasteiger partial charge in [0, 0.05) is 6.61 Å². The number of rotatable bonds is 4. The molecule has 92 valence electrons. The Hall–Kier alpha value is -1.75. The molecular formula is C12H16N2O3. The van der Waals surface area contributed by atoms with Crippen molar-refractivity contribution >= 4 is 11.6 Å². The van der Waals surface area contributed by atoms with E-state index < -0.39 is 0 Å². The summed E-state index contributed by atoms with van der Waals surface area (Å²) in [5.74, 6) is 0.383. The lowest BCUT2D eigenvalue weighted by atomic mass is 10.2. The lowest BCUT2D eigenvalue weighted by Crippen LogP contribution is -2.38. The van der Waals surface area contributed by atoms with Crippen molar-refractivity contribution in [1.82, 2.24) is 5.32 Å². The third-order valence-corrected chi connectivity index (χ3v) is 2.57. The fourth-order valence-corrected chi connectivity index (χ4v) is 1.67. The number of amides is 1. The molecule has 5 nitrogen and oxygen atoms in total. The maximum Gasteiger partial charge on any atom is 0.258 e. The molecule has 1 saturated heterocycles. The summed E-state index contributed by atoms with van der Waals surface area (Å²) in [7, 11) is 0. The summed E-state index contributed by atoms with van der Waals surface area (Å²) in [6, 6.07) is 7.21. The molecule has 1 fully saturated rings. The molecule has 1 aliphatic heterocycles. The predicted octanol–water partition coefficient (Wildman–Crippen LogP) is 0.553. The van der Waals surface area contributed by atoms with Gasteiger partial charge in [-0.25, -0.2) is 0 Å². The molecule has 0 saturated carbocycles. The highest BCUT2D eigenvalue weighted by atomic mass is 16.5. The molecule has 0 bridgehead atoms.